The van der Waals surface area contributed by atoms with Gasteiger partial charge in [0.25, 0.3) is 5.91 Å². The number of nitrogens with zero attached hydrogens (tertiary/aromatic N) is 1. The number of aryl methyl sites for hydroxylation is 2. The smallest absolute Gasteiger partial charge is 0.255 e. The summed E-state index contributed by atoms with van der Waals surface area (Å²) in [6.45, 7) is 8.75. The topological polar surface area (TPSA) is 66.5 Å². The number of hydrogen-bond acceptors (Lipinski definition) is 3. The van der Waals surface area contributed by atoms with Crippen molar-refractivity contribution >= 4 is 21.6 Å². The lowest BCUT2D eigenvalue weighted by Crippen LogP contribution is -2.32. The molecule has 1 N–H and O–H groups in total. The highest BCUT2D eigenvalue weighted by atomic mass is 32.2. The largest absolute Gasteiger partial charge is 0.322 e. The summed E-state index contributed by atoms with van der Waals surface area (Å²) in [5, 5.41) is 2.86. The molecule has 0 aromatic heterocycles. The van der Waals surface area contributed by atoms with E-state index in [9.17, 15) is 13.2 Å². The van der Waals surface area contributed by atoms with E-state index in [1.165, 1.54) is 10.4 Å². The number of anilines is 1. The van der Waals surface area contributed by atoms with Gasteiger partial charge in [0.1, 0.15) is 0 Å². The fourth-order valence-electron chi connectivity index (χ4n) is 2.95. The summed E-state index contributed by atoms with van der Waals surface area (Å²) >= 11 is 0. The Morgan fingerprint density at radius 3 is 2.26 bits per heavy atom. The Morgan fingerprint density at radius 1 is 1.00 bits per heavy atom. The first-order valence-corrected chi connectivity index (χ1v) is 10.7. The van der Waals surface area contributed by atoms with Crippen LogP contribution < -0.4 is 5.32 Å². The Labute approximate surface area is 162 Å². The van der Waals surface area contributed by atoms with Gasteiger partial charge < -0.3 is 5.32 Å². The van der Waals surface area contributed by atoms with E-state index in [-0.39, 0.29) is 10.8 Å². The third-order valence-electron chi connectivity index (χ3n) is 4.31. The number of sulfonamides is 1. The number of carbonyl (C=O) groups excluding carboxylic acids is 1. The van der Waals surface area contributed by atoms with Crippen molar-refractivity contribution in [1.29, 1.82) is 0 Å². The van der Waals surface area contributed by atoms with Gasteiger partial charge in [0, 0.05) is 24.3 Å². The number of benzene rings is 2. The highest BCUT2D eigenvalue weighted by Crippen LogP contribution is 2.20. The van der Waals surface area contributed by atoms with Gasteiger partial charge in [-0.05, 0) is 56.5 Å². The molecule has 0 spiro atoms. The number of carbonyl (C=O) groups is 1. The second-order valence-electron chi connectivity index (χ2n) is 6.70. The van der Waals surface area contributed by atoms with Crippen LogP contribution >= 0.6 is 0 Å². The number of amides is 1. The molecule has 146 valence electrons. The molecule has 2 aromatic carbocycles. The molecule has 0 heterocycles. The Balaban J connectivity index is 2.29. The average molecular weight is 389 g/mol. The lowest BCUT2D eigenvalue weighted by molar-refractivity contribution is 0.102. The van der Waals surface area contributed by atoms with Crippen molar-refractivity contribution < 1.29 is 13.2 Å². The minimum Gasteiger partial charge on any atom is -0.322 e. The molecule has 0 aliphatic carbocycles. The van der Waals surface area contributed by atoms with Crippen molar-refractivity contribution in [3.05, 3.63) is 59.2 Å². The minimum atomic E-state index is -3.61. The molecule has 0 radical (unpaired) electrons. The molecular weight excluding hydrogens is 360 g/mol. The van der Waals surface area contributed by atoms with Gasteiger partial charge in [-0.15, -0.1) is 0 Å². The van der Waals surface area contributed by atoms with Gasteiger partial charge in [-0.2, -0.15) is 4.31 Å². The van der Waals surface area contributed by atoms with Crippen LogP contribution in [0.15, 0.2) is 47.4 Å². The van der Waals surface area contributed by atoms with E-state index in [1.807, 2.05) is 45.9 Å². The first-order chi connectivity index (χ1) is 12.8. The average Bonchev–Trinajstić information content (AvgIpc) is 2.64. The molecule has 0 unspecified atom stereocenters. The predicted octanol–water partition coefficient (Wildman–Crippen LogP) is 4.37. The van der Waals surface area contributed by atoms with Crippen LogP contribution in [-0.4, -0.2) is 31.7 Å². The molecule has 0 fully saturated rings. The van der Waals surface area contributed by atoms with Crippen LogP contribution in [0.1, 0.15) is 48.2 Å². The highest BCUT2D eigenvalue weighted by Gasteiger charge is 2.24. The molecule has 0 aliphatic rings. The van der Waals surface area contributed by atoms with Gasteiger partial charge >= 0.3 is 0 Å². The molecule has 2 aromatic rings. The number of nitrogens with one attached hydrogen (secondary N) is 1. The predicted molar refractivity (Wildman–Crippen MR) is 110 cm³/mol. The highest BCUT2D eigenvalue weighted by molar-refractivity contribution is 7.89. The zero-order valence-electron chi connectivity index (χ0n) is 16.5. The lowest BCUT2D eigenvalue weighted by atomic mass is 10.1. The monoisotopic (exact) mass is 388 g/mol. The summed E-state index contributed by atoms with van der Waals surface area (Å²) < 4.78 is 27.3. The lowest BCUT2D eigenvalue weighted by Gasteiger charge is -2.21. The van der Waals surface area contributed by atoms with Crippen LogP contribution in [0.5, 0.6) is 0 Å². The first-order valence-electron chi connectivity index (χ1n) is 9.28. The van der Waals surface area contributed by atoms with Gasteiger partial charge in [-0.1, -0.05) is 37.6 Å². The number of rotatable bonds is 8. The summed E-state index contributed by atoms with van der Waals surface area (Å²) in [6, 6.07) is 12.0. The quantitative estimate of drug-likeness (QED) is 0.730. The number of hydrogen-bond donors (Lipinski definition) is 1. The van der Waals surface area contributed by atoms with Crippen LogP contribution in [0.4, 0.5) is 5.69 Å². The van der Waals surface area contributed by atoms with Gasteiger partial charge in [0.2, 0.25) is 10.0 Å². The van der Waals surface area contributed by atoms with Crippen LogP contribution in [0.25, 0.3) is 0 Å². The van der Waals surface area contributed by atoms with Gasteiger partial charge in [-0.3, -0.25) is 4.79 Å². The van der Waals surface area contributed by atoms with Crippen LogP contribution in [0, 0.1) is 13.8 Å². The van der Waals surface area contributed by atoms with Crippen molar-refractivity contribution in [3.8, 4) is 0 Å². The minimum absolute atomic E-state index is 0.151. The zero-order chi connectivity index (χ0) is 20.0. The SMILES string of the molecule is CCCN(CCC)S(=O)(=O)c1cccc(C(=O)Nc2ccc(C)cc2C)c1. The fourth-order valence-corrected chi connectivity index (χ4v) is 4.62. The molecule has 6 heteroatoms. The molecule has 0 atom stereocenters. The third kappa shape index (κ3) is 5.17. The summed E-state index contributed by atoms with van der Waals surface area (Å²) in [7, 11) is -3.61. The molecule has 1 amide bonds. The zero-order valence-corrected chi connectivity index (χ0v) is 17.3. The van der Waals surface area contributed by atoms with E-state index in [1.54, 1.807) is 18.2 Å². The van der Waals surface area contributed by atoms with E-state index in [4.69, 9.17) is 0 Å². The first kappa shape index (κ1) is 21.1. The van der Waals surface area contributed by atoms with E-state index in [0.717, 1.165) is 29.7 Å². The van der Waals surface area contributed by atoms with Crippen LogP contribution in [0.3, 0.4) is 0 Å². The van der Waals surface area contributed by atoms with E-state index in [2.05, 4.69) is 5.32 Å². The molecular formula is C21H28N2O3S. The third-order valence-corrected chi connectivity index (χ3v) is 6.20. The maximum absolute atomic E-state index is 12.9. The van der Waals surface area contributed by atoms with Crippen LogP contribution in [0.2, 0.25) is 0 Å². The summed E-state index contributed by atoms with van der Waals surface area (Å²) in [5.41, 5.74) is 3.12. The van der Waals surface area contributed by atoms with Crippen molar-refractivity contribution in [1.82, 2.24) is 4.31 Å². The molecule has 0 saturated carbocycles. The van der Waals surface area contributed by atoms with Gasteiger partial charge in [0.15, 0.2) is 0 Å². The molecule has 0 aliphatic heterocycles. The van der Waals surface area contributed by atoms with E-state index in [0.29, 0.717) is 18.7 Å². The van der Waals surface area contributed by atoms with Gasteiger partial charge in [-0.25, -0.2) is 8.42 Å². The fraction of sp³-hybridized carbons (Fsp3) is 0.381. The van der Waals surface area contributed by atoms with Crippen LogP contribution in [-0.2, 0) is 10.0 Å². The normalized spacial score (nSPS) is 11.6. The van der Waals surface area contributed by atoms with E-state index < -0.39 is 10.0 Å². The maximum atomic E-state index is 12.9. The molecule has 2 rings (SSSR count). The van der Waals surface area contributed by atoms with Crippen molar-refractivity contribution in [2.75, 3.05) is 18.4 Å². The molecule has 27 heavy (non-hydrogen) atoms. The molecule has 0 saturated heterocycles. The second-order valence-corrected chi connectivity index (χ2v) is 8.64. The maximum Gasteiger partial charge on any atom is 0.255 e. The Bertz CT molecular complexity index is 901. The Kier molecular flexibility index (Phi) is 7.16. The molecule has 5 nitrogen and oxygen atoms in total. The summed E-state index contributed by atoms with van der Waals surface area (Å²) in [5.74, 6) is -0.323. The van der Waals surface area contributed by atoms with E-state index >= 15 is 0 Å². The Morgan fingerprint density at radius 2 is 1.67 bits per heavy atom. The summed E-state index contributed by atoms with van der Waals surface area (Å²) in [4.78, 5) is 12.8. The standard InChI is InChI=1S/C21H28N2O3S/c1-5-12-23(13-6-2)27(25,26)19-9-7-8-18(15-19)21(24)22-20-11-10-16(3)14-17(20)4/h7-11,14-15H,5-6,12-13H2,1-4H3,(H,22,24). The van der Waals surface area contributed by atoms with Crippen molar-refractivity contribution in [3.63, 3.8) is 0 Å². The van der Waals surface area contributed by atoms with Crippen molar-refractivity contribution in [2.45, 2.75) is 45.4 Å². The Hall–Kier alpha value is -2.18. The van der Waals surface area contributed by atoms with Gasteiger partial charge in [0.05, 0.1) is 4.90 Å². The molecule has 0 bridgehead atoms. The second kappa shape index (κ2) is 9.15. The summed E-state index contributed by atoms with van der Waals surface area (Å²) in [6.07, 6.45) is 1.48. The van der Waals surface area contributed by atoms with Crippen molar-refractivity contribution in [2.24, 2.45) is 0 Å².